The van der Waals surface area contributed by atoms with Crippen LogP contribution in [0.3, 0.4) is 0 Å². The molecule has 1 aromatic heterocycles. The first-order valence-corrected chi connectivity index (χ1v) is 6.93. The maximum Gasteiger partial charge on any atom is 0.115 e. The standard InChI is InChI=1S/C16H15ClN2/c1-12-6-5-9-14-16(12)19(15(18-14)10-11-17)13-7-3-2-4-8-13/h2-9H,10-11H2,1H3. The highest BCUT2D eigenvalue weighted by molar-refractivity contribution is 6.17. The number of aromatic nitrogens is 2. The Morgan fingerprint density at radius 2 is 1.84 bits per heavy atom. The average Bonchev–Trinajstić information content (AvgIpc) is 2.80. The average molecular weight is 271 g/mol. The quantitative estimate of drug-likeness (QED) is 0.655. The zero-order chi connectivity index (χ0) is 13.2. The van der Waals surface area contributed by atoms with Crippen molar-refractivity contribution < 1.29 is 0 Å². The van der Waals surface area contributed by atoms with E-state index in [1.165, 1.54) is 11.1 Å². The first-order chi connectivity index (χ1) is 9.31. The van der Waals surface area contributed by atoms with Crippen LogP contribution in [0.4, 0.5) is 0 Å². The Hall–Kier alpha value is -1.80. The summed E-state index contributed by atoms with van der Waals surface area (Å²) in [6.45, 7) is 2.12. The van der Waals surface area contributed by atoms with Crippen molar-refractivity contribution in [2.45, 2.75) is 13.3 Å². The Morgan fingerprint density at radius 3 is 2.58 bits per heavy atom. The number of hydrogen-bond acceptors (Lipinski definition) is 1. The molecule has 96 valence electrons. The normalized spacial score (nSPS) is 11.1. The third-order valence-corrected chi connectivity index (χ3v) is 3.47. The molecule has 1 heterocycles. The van der Waals surface area contributed by atoms with Gasteiger partial charge in [0.2, 0.25) is 0 Å². The number of rotatable bonds is 3. The van der Waals surface area contributed by atoms with Crippen LogP contribution in [0.5, 0.6) is 0 Å². The van der Waals surface area contributed by atoms with Crippen molar-refractivity contribution in [1.82, 2.24) is 9.55 Å². The van der Waals surface area contributed by atoms with E-state index >= 15 is 0 Å². The fourth-order valence-electron chi connectivity index (χ4n) is 2.45. The second-order valence-corrected chi connectivity index (χ2v) is 4.96. The number of benzene rings is 2. The number of alkyl halides is 1. The highest BCUT2D eigenvalue weighted by atomic mass is 35.5. The molecule has 0 N–H and O–H groups in total. The van der Waals surface area contributed by atoms with Crippen LogP contribution in [-0.2, 0) is 6.42 Å². The molecule has 0 unspecified atom stereocenters. The molecule has 0 bridgehead atoms. The van der Waals surface area contributed by atoms with Crippen LogP contribution in [0.15, 0.2) is 48.5 Å². The smallest absolute Gasteiger partial charge is 0.115 e. The Labute approximate surface area is 117 Å². The van der Waals surface area contributed by atoms with Crippen molar-refractivity contribution in [3.05, 3.63) is 59.9 Å². The lowest BCUT2D eigenvalue weighted by Gasteiger charge is -2.09. The summed E-state index contributed by atoms with van der Waals surface area (Å²) < 4.78 is 2.22. The second-order valence-electron chi connectivity index (χ2n) is 4.58. The van der Waals surface area contributed by atoms with Crippen LogP contribution in [0, 0.1) is 6.92 Å². The van der Waals surface area contributed by atoms with Crippen LogP contribution in [0.2, 0.25) is 0 Å². The number of hydrogen-bond donors (Lipinski definition) is 0. The van der Waals surface area contributed by atoms with Gasteiger partial charge in [-0.2, -0.15) is 0 Å². The van der Waals surface area contributed by atoms with Crippen LogP contribution >= 0.6 is 11.6 Å². The summed E-state index contributed by atoms with van der Waals surface area (Å²) in [6.07, 6.45) is 0.768. The molecule has 0 saturated carbocycles. The Kier molecular flexibility index (Phi) is 3.26. The molecule has 0 aliphatic rings. The summed E-state index contributed by atoms with van der Waals surface area (Å²) in [5, 5.41) is 0. The molecule has 3 heteroatoms. The van der Waals surface area contributed by atoms with E-state index in [0.717, 1.165) is 23.4 Å². The predicted molar refractivity (Wildman–Crippen MR) is 80.2 cm³/mol. The van der Waals surface area contributed by atoms with E-state index in [0.29, 0.717) is 5.88 Å². The third kappa shape index (κ3) is 2.13. The SMILES string of the molecule is Cc1cccc2nc(CCCl)n(-c3ccccc3)c12. The van der Waals surface area contributed by atoms with Crippen molar-refractivity contribution in [2.24, 2.45) is 0 Å². The van der Waals surface area contributed by atoms with Gasteiger partial charge in [0, 0.05) is 18.0 Å². The van der Waals surface area contributed by atoms with Crippen molar-refractivity contribution >= 4 is 22.6 Å². The van der Waals surface area contributed by atoms with E-state index in [2.05, 4.69) is 35.8 Å². The molecule has 0 amide bonds. The van der Waals surface area contributed by atoms with Gasteiger partial charge in [-0.15, -0.1) is 11.6 Å². The molecule has 2 nitrogen and oxygen atoms in total. The van der Waals surface area contributed by atoms with Gasteiger partial charge in [0.1, 0.15) is 5.82 Å². The van der Waals surface area contributed by atoms with Gasteiger partial charge in [-0.3, -0.25) is 4.57 Å². The molecule has 0 atom stereocenters. The second kappa shape index (κ2) is 5.06. The van der Waals surface area contributed by atoms with Crippen molar-refractivity contribution in [3.63, 3.8) is 0 Å². The predicted octanol–water partition coefficient (Wildman–Crippen LogP) is 4.12. The molecule has 2 aromatic carbocycles. The molecule has 0 spiro atoms. The zero-order valence-corrected chi connectivity index (χ0v) is 11.6. The maximum absolute atomic E-state index is 5.91. The van der Waals surface area contributed by atoms with Crippen LogP contribution < -0.4 is 0 Å². The summed E-state index contributed by atoms with van der Waals surface area (Å²) >= 11 is 5.91. The fourth-order valence-corrected chi connectivity index (χ4v) is 2.62. The van der Waals surface area contributed by atoms with Gasteiger partial charge >= 0.3 is 0 Å². The molecular formula is C16H15ClN2. The van der Waals surface area contributed by atoms with Crippen molar-refractivity contribution in [2.75, 3.05) is 5.88 Å². The highest BCUT2D eigenvalue weighted by Gasteiger charge is 2.13. The number of fused-ring (bicyclic) bond motifs is 1. The van der Waals surface area contributed by atoms with E-state index in [1.54, 1.807) is 0 Å². The lowest BCUT2D eigenvalue weighted by atomic mass is 10.2. The summed E-state index contributed by atoms with van der Waals surface area (Å²) in [4.78, 5) is 4.72. The molecule has 0 aliphatic carbocycles. The number of para-hydroxylation sites is 2. The summed E-state index contributed by atoms with van der Waals surface area (Å²) in [7, 11) is 0. The minimum absolute atomic E-state index is 0.579. The zero-order valence-electron chi connectivity index (χ0n) is 10.8. The van der Waals surface area contributed by atoms with Crippen LogP contribution in [0.1, 0.15) is 11.4 Å². The first kappa shape index (κ1) is 12.2. The summed E-state index contributed by atoms with van der Waals surface area (Å²) in [5.74, 6) is 1.60. The lowest BCUT2D eigenvalue weighted by Crippen LogP contribution is -2.02. The van der Waals surface area contributed by atoms with E-state index in [1.807, 2.05) is 24.3 Å². The molecular weight excluding hydrogens is 256 g/mol. The molecule has 0 saturated heterocycles. The van der Waals surface area contributed by atoms with Crippen LogP contribution in [-0.4, -0.2) is 15.4 Å². The Balaban J connectivity index is 2.33. The van der Waals surface area contributed by atoms with Gasteiger partial charge in [-0.25, -0.2) is 4.98 Å². The van der Waals surface area contributed by atoms with E-state index < -0.39 is 0 Å². The molecule has 0 fully saturated rings. The minimum Gasteiger partial charge on any atom is -0.296 e. The first-order valence-electron chi connectivity index (χ1n) is 6.39. The number of imidazole rings is 1. The van der Waals surface area contributed by atoms with Gasteiger partial charge in [0.15, 0.2) is 0 Å². The molecule has 3 rings (SSSR count). The minimum atomic E-state index is 0.579. The summed E-state index contributed by atoms with van der Waals surface area (Å²) in [5.41, 5.74) is 4.58. The Morgan fingerprint density at radius 1 is 1.05 bits per heavy atom. The monoisotopic (exact) mass is 270 g/mol. The van der Waals surface area contributed by atoms with Gasteiger partial charge in [0.25, 0.3) is 0 Å². The molecule has 0 radical (unpaired) electrons. The number of aryl methyl sites for hydroxylation is 2. The fraction of sp³-hybridized carbons (Fsp3) is 0.188. The number of nitrogens with zero attached hydrogens (tertiary/aromatic N) is 2. The third-order valence-electron chi connectivity index (χ3n) is 3.28. The van der Waals surface area contributed by atoms with E-state index in [-0.39, 0.29) is 0 Å². The van der Waals surface area contributed by atoms with E-state index in [9.17, 15) is 0 Å². The molecule has 0 aliphatic heterocycles. The van der Waals surface area contributed by atoms with Crippen molar-refractivity contribution in [1.29, 1.82) is 0 Å². The highest BCUT2D eigenvalue weighted by Crippen LogP contribution is 2.24. The number of halogens is 1. The summed E-state index contributed by atoms with van der Waals surface area (Å²) in [6, 6.07) is 16.5. The van der Waals surface area contributed by atoms with Gasteiger partial charge in [-0.05, 0) is 30.7 Å². The Bertz CT molecular complexity index is 701. The molecule has 19 heavy (non-hydrogen) atoms. The van der Waals surface area contributed by atoms with Crippen molar-refractivity contribution in [3.8, 4) is 5.69 Å². The van der Waals surface area contributed by atoms with Crippen LogP contribution in [0.25, 0.3) is 16.7 Å². The van der Waals surface area contributed by atoms with Gasteiger partial charge in [-0.1, -0.05) is 30.3 Å². The van der Waals surface area contributed by atoms with Gasteiger partial charge in [0.05, 0.1) is 11.0 Å². The molecule has 3 aromatic rings. The maximum atomic E-state index is 5.91. The topological polar surface area (TPSA) is 17.8 Å². The largest absolute Gasteiger partial charge is 0.296 e. The lowest BCUT2D eigenvalue weighted by molar-refractivity contribution is 0.911. The van der Waals surface area contributed by atoms with E-state index in [4.69, 9.17) is 16.6 Å². The van der Waals surface area contributed by atoms with Gasteiger partial charge < -0.3 is 0 Å².